The van der Waals surface area contributed by atoms with Crippen LogP contribution in [-0.4, -0.2) is 0 Å². The third-order valence-corrected chi connectivity index (χ3v) is 2.38. The Hall–Kier alpha value is 0. The Morgan fingerprint density at radius 1 is 1.09 bits per heavy atom. The molecule has 0 heteroatoms. The van der Waals surface area contributed by atoms with Crippen molar-refractivity contribution in [1.29, 1.82) is 0 Å². The lowest BCUT2D eigenvalue weighted by atomic mass is 9.87. The smallest absolute Gasteiger partial charge is 0.0357 e. The van der Waals surface area contributed by atoms with E-state index in [0.717, 1.165) is 17.8 Å². The largest absolute Gasteiger partial charge is 0.0651 e. The van der Waals surface area contributed by atoms with Crippen molar-refractivity contribution in [2.24, 2.45) is 17.8 Å². The molecule has 0 aliphatic heterocycles. The minimum Gasteiger partial charge on any atom is -0.0651 e. The van der Waals surface area contributed by atoms with Gasteiger partial charge in [-0.05, 0) is 30.6 Å². The molecule has 0 amide bonds. The summed E-state index contributed by atoms with van der Waals surface area (Å²) in [6, 6.07) is 0. The van der Waals surface area contributed by atoms with Crippen molar-refractivity contribution < 1.29 is 0 Å². The van der Waals surface area contributed by atoms with Crippen LogP contribution in [0.4, 0.5) is 0 Å². The normalized spacial score (nSPS) is 14.5. The minimum absolute atomic E-state index is 0.753. The van der Waals surface area contributed by atoms with Crippen LogP contribution >= 0.6 is 0 Å². The van der Waals surface area contributed by atoms with Crippen molar-refractivity contribution >= 4 is 0 Å². The lowest BCUT2D eigenvalue weighted by molar-refractivity contribution is 0.358. The van der Waals surface area contributed by atoms with Gasteiger partial charge in [-0.2, -0.15) is 0 Å². The van der Waals surface area contributed by atoms with E-state index in [4.69, 9.17) is 0 Å². The second-order valence-electron chi connectivity index (χ2n) is 4.13. The van der Waals surface area contributed by atoms with E-state index < -0.39 is 0 Å². The van der Waals surface area contributed by atoms with Gasteiger partial charge in [0.1, 0.15) is 0 Å². The number of rotatable bonds is 5. The van der Waals surface area contributed by atoms with Crippen molar-refractivity contribution in [2.45, 2.75) is 47.5 Å². The predicted octanol–water partition coefficient (Wildman–Crippen LogP) is 3.92. The van der Waals surface area contributed by atoms with Gasteiger partial charge in [-0.3, -0.25) is 0 Å². The Morgan fingerprint density at radius 2 is 1.64 bits per heavy atom. The van der Waals surface area contributed by atoms with Crippen LogP contribution in [-0.2, 0) is 0 Å². The lowest BCUT2D eigenvalue weighted by Crippen LogP contribution is -2.08. The lowest BCUT2D eigenvalue weighted by Gasteiger charge is -2.19. The molecule has 0 saturated carbocycles. The molecule has 0 aromatic rings. The molecule has 0 nitrogen and oxygen atoms in total. The fraction of sp³-hybridized carbons (Fsp3) is 0.909. The van der Waals surface area contributed by atoms with Gasteiger partial charge in [0.05, 0.1) is 0 Å². The Balaban J connectivity index is 3.52. The topological polar surface area (TPSA) is 0 Å². The predicted molar refractivity (Wildman–Crippen MR) is 52.4 cm³/mol. The molecule has 0 aliphatic carbocycles. The van der Waals surface area contributed by atoms with Gasteiger partial charge in [-0.25, -0.2) is 0 Å². The summed E-state index contributed by atoms with van der Waals surface area (Å²) in [6.07, 6.45) is 5.06. The second kappa shape index (κ2) is 5.62. The molecule has 1 atom stereocenters. The van der Waals surface area contributed by atoms with Crippen LogP contribution in [0.15, 0.2) is 0 Å². The van der Waals surface area contributed by atoms with Crippen LogP contribution < -0.4 is 0 Å². The fourth-order valence-electron chi connectivity index (χ4n) is 1.36. The van der Waals surface area contributed by atoms with Gasteiger partial charge in [0, 0.05) is 0 Å². The highest BCUT2D eigenvalue weighted by atomic mass is 14.2. The summed E-state index contributed by atoms with van der Waals surface area (Å²) in [5, 5.41) is 0. The van der Waals surface area contributed by atoms with E-state index in [1.54, 1.807) is 0 Å². The fourth-order valence-corrected chi connectivity index (χ4v) is 1.36. The monoisotopic (exact) mass is 155 g/mol. The Labute approximate surface area is 72.4 Å². The molecule has 0 aliphatic rings. The SMILES string of the molecule is CCC(C[CH]C(C)C)C(C)C. The zero-order valence-corrected chi connectivity index (χ0v) is 8.72. The summed E-state index contributed by atoms with van der Waals surface area (Å²) in [6.45, 7) is 11.4. The highest BCUT2D eigenvalue weighted by molar-refractivity contribution is 4.74. The zero-order valence-electron chi connectivity index (χ0n) is 8.72. The molecule has 0 fully saturated rings. The van der Waals surface area contributed by atoms with Crippen LogP contribution in [0.5, 0.6) is 0 Å². The molecule has 0 bridgehead atoms. The quantitative estimate of drug-likeness (QED) is 0.564. The average Bonchev–Trinajstić information content (AvgIpc) is 1.87. The average molecular weight is 155 g/mol. The Morgan fingerprint density at radius 3 is 1.91 bits per heavy atom. The van der Waals surface area contributed by atoms with Crippen LogP contribution in [0.2, 0.25) is 0 Å². The van der Waals surface area contributed by atoms with Crippen molar-refractivity contribution in [1.82, 2.24) is 0 Å². The van der Waals surface area contributed by atoms with E-state index in [1.165, 1.54) is 12.8 Å². The van der Waals surface area contributed by atoms with Gasteiger partial charge in [0.2, 0.25) is 0 Å². The van der Waals surface area contributed by atoms with Crippen LogP contribution in [0, 0.1) is 24.2 Å². The molecule has 11 heavy (non-hydrogen) atoms. The third kappa shape index (κ3) is 5.29. The van der Waals surface area contributed by atoms with E-state index in [9.17, 15) is 0 Å². The molecule has 67 valence electrons. The van der Waals surface area contributed by atoms with E-state index >= 15 is 0 Å². The first-order chi connectivity index (χ1) is 5.07. The van der Waals surface area contributed by atoms with E-state index in [-0.39, 0.29) is 0 Å². The minimum atomic E-state index is 0.753. The molecule has 0 saturated heterocycles. The first-order valence-corrected chi connectivity index (χ1v) is 4.91. The molecule has 0 N–H and O–H groups in total. The van der Waals surface area contributed by atoms with Crippen molar-refractivity contribution in [3.8, 4) is 0 Å². The molecule has 1 radical (unpaired) electrons. The molecule has 0 heterocycles. The first-order valence-electron chi connectivity index (χ1n) is 4.91. The number of hydrogen-bond acceptors (Lipinski definition) is 0. The highest BCUT2D eigenvalue weighted by Gasteiger charge is 2.10. The van der Waals surface area contributed by atoms with E-state index in [0.29, 0.717) is 0 Å². The molecule has 0 rings (SSSR count). The zero-order chi connectivity index (χ0) is 8.85. The van der Waals surface area contributed by atoms with Crippen molar-refractivity contribution in [3.05, 3.63) is 6.42 Å². The van der Waals surface area contributed by atoms with Crippen LogP contribution in [0.25, 0.3) is 0 Å². The highest BCUT2D eigenvalue weighted by Crippen LogP contribution is 2.21. The Bertz CT molecular complexity index is 82.0. The second-order valence-corrected chi connectivity index (χ2v) is 4.13. The van der Waals surface area contributed by atoms with Gasteiger partial charge in [0.25, 0.3) is 0 Å². The Kier molecular flexibility index (Phi) is 5.62. The van der Waals surface area contributed by atoms with Crippen molar-refractivity contribution in [3.63, 3.8) is 0 Å². The summed E-state index contributed by atoms with van der Waals surface area (Å²) >= 11 is 0. The van der Waals surface area contributed by atoms with Gasteiger partial charge in [-0.15, -0.1) is 0 Å². The van der Waals surface area contributed by atoms with Crippen molar-refractivity contribution in [2.75, 3.05) is 0 Å². The summed E-state index contributed by atoms with van der Waals surface area (Å²) in [5.41, 5.74) is 0. The molecule has 0 aromatic carbocycles. The van der Waals surface area contributed by atoms with Crippen LogP contribution in [0.1, 0.15) is 47.5 Å². The van der Waals surface area contributed by atoms with Gasteiger partial charge >= 0.3 is 0 Å². The maximum atomic E-state index is 2.44. The van der Waals surface area contributed by atoms with Gasteiger partial charge in [0.15, 0.2) is 0 Å². The molecule has 0 aromatic heterocycles. The molecular formula is C11H23. The maximum Gasteiger partial charge on any atom is -0.0357 e. The van der Waals surface area contributed by atoms with Gasteiger partial charge in [-0.1, -0.05) is 41.0 Å². The van der Waals surface area contributed by atoms with Gasteiger partial charge < -0.3 is 0 Å². The third-order valence-electron chi connectivity index (χ3n) is 2.38. The molecule has 0 spiro atoms. The summed E-state index contributed by atoms with van der Waals surface area (Å²) in [4.78, 5) is 0. The first kappa shape index (κ1) is 11.0. The van der Waals surface area contributed by atoms with E-state index in [2.05, 4.69) is 41.0 Å². The summed E-state index contributed by atoms with van der Waals surface area (Å²) < 4.78 is 0. The molecular weight excluding hydrogens is 132 g/mol. The van der Waals surface area contributed by atoms with E-state index in [1.807, 2.05) is 0 Å². The summed E-state index contributed by atoms with van der Waals surface area (Å²) in [7, 11) is 0. The molecule has 1 unspecified atom stereocenters. The maximum absolute atomic E-state index is 2.44. The number of hydrogen-bond donors (Lipinski definition) is 0. The standard InChI is InChI=1S/C11H23/c1-6-11(10(4)5)8-7-9(2)3/h7,9-11H,6,8H2,1-5H3. The summed E-state index contributed by atoms with van der Waals surface area (Å²) in [5.74, 6) is 2.50. The van der Waals surface area contributed by atoms with Crippen LogP contribution in [0.3, 0.4) is 0 Å².